The molecule has 6 heteroatoms. The Morgan fingerprint density at radius 1 is 1.12 bits per heavy atom. The lowest BCUT2D eigenvalue weighted by molar-refractivity contribution is 0.686. The van der Waals surface area contributed by atoms with Gasteiger partial charge in [-0.3, -0.25) is 4.68 Å². The Kier molecular flexibility index (Phi) is 6.23. The third-order valence-corrected chi connectivity index (χ3v) is 4.41. The van der Waals surface area contributed by atoms with Gasteiger partial charge in [0.1, 0.15) is 0 Å². The van der Waals surface area contributed by atoms with Gasteiger partial charge in [0.15, 0.2) is 5.96 Å². The topological polar surface area (TPSA) is 54.2 Å². The lowest BCUT2D eigenvalue weighted by Gasteiger charge is -2.10. The van der Waals surface area contributed by atoms with E-state index < -0.39 is 0 Å². The molecular weight excluding hydrogens is 330 g/mol. The van der Waals surface area contributed by atoms with Crippen LogP contribution in [0, 0.1) is 0 Å². The molecule has 25 heavy (non-hydrogen) atoms. The van der Waals surface area contributed by atoms with Gasteiger partial charge in [-0.1, -0.05) is 30.3 Å². The van der Waals surface area contributed by atoms with Crippen molar-refractivity contribution in [1.29, 1.82) is 0 Å². The van der Waals surface area contributed by atoms with Crippen molar-refractivity contribution in [3.63, 3.8) is 0 Å². The lowest BCUT2D eigenvalue weighted by atomic mass is 10.2. The molecule has 1 aromatic carbocycles. The zero-order valence-electron chi connectivity index (χ0n) is 14.4. The Labute approximate surface area is 152 Å². The molecule has 0 fully saturated rings. The number of nitrogens with zero attached hydrogens (tertiary/aromatic N) is 3. The van der Waals surface area contributed by atoms with Crippen molar-refractivity contribution in [2.45, 2.75) is 26.6 Å². The van der Waals surface area contributed by atoms with Crippen molar-refractivity contribution < 1.29 is 0 Å². The van der Waals surface area contributed by atoms with Gasteiger partial charge in [0.05, 0.1) is 19.3 Å². The zero-order valence-corrected chi connectivity index (χ0v) is 15.2. The third-order valence-electron chi connectivity index (χ3n) is 3.68. The van der Waals surface area contributed by atoms with Gasteiger partial charge in [0.25, 0.3) is 0 Å². The second kappa shape index (κ2) is 9.03. The molecule has 0 unspecified atom stereocenters. The molecule has 0 spiro atoms. The molecule has 0 radical (unpaired) electrons. The Hall–Kier alpha value is -2.60. The number of thiophene rings is 1. The first kappa shape index (κ1) is 17.2. The maximum absolute atomic E-state index is 4.65. The van der Waals surface area contributed by atoms with Crippen molar-refractivity contribution in [1.82, 2.24) is 20.4 Å². The number of aliphatic imine (C=N–C) groups is 1. The Balaban J connectivity index is 1.56. The minimum atomic E-state index is 0.605. The van der Waals surface area contributed by atoms with E-state index in [2.05, 4.69) is 62.8 Å². The number of rotatable bonds is 7. The second-order valence-electron chi connectivity index (χ2n) is 5.71. The van der Waals surface area contributed by atoms with Gasteiger partial charge in [-0.15, -0.1) is 0 Å². The molecule has 2 N–H and O–H groups in total. The van der Waals surface area contributed by atoms with Gasteiger partial charge < -0.3 is 10.6 Å². The number of aromatic nitrogens is 2. The summed E-state index contributed by atoms with van der Waals surface area (Å²) in [7, 11) is 0. The molecular formula is C19H23N5S. The predicted molar refractivity (Wildman–Crippen MR) is 104 cm³/mol. The molecule has 0 aliphatic heterocycles. The first-order valence-corrected chi connectivity index (χ1v) is 9.36. The van der Waals surface area contributed by atoms with Gasteiger partial charge in [0, 0.05) is 24.8 Å². The first-order chi connectivity index (χ1) is 12.3. The van der Waals surface area contributed by atoms with E-state index in [-0.39, 0.29) is 0 Å². The van der Waals surface area contributed by atoms with Crippen LogP contribution in [0.25, 0.3) is 0 Å². The van der Waals surface area contributed by atoms with E-state index in [9.17, 15) is 0 Å². The molecule has 0 saturated heterocycles. The predicted octanol–water partition coefficient (Wildman–Crippen LogP) is 3.25. The van der Waals surface area contributed by atoms with Gasteiger partial charge >= 0.3 is 0 Å². The number of hydrogen-bond donors (Lipinski definition) is 2. The van der Waals surface area contributed by atoms with Crippen LogP contribution in [0.3, 0.4) is 0 Å². The quantitative estimate of drug-likeness (QED) is 0.506. The lowest BCUT2D eigenvalue weighted by Crippen LogP contribution is -2.36. The van der Waals surface area contributed by atoms with Crippen LogP contribution >= 0.6 is 11.3 Å². The van der Waals surface area contributed by atoms with Gasteiger partial charge in [-0.2, -0.15) is 16.4 Å². The first-order valence-electron chi connectivity index (χ1n) is 8.42. The summed E-state index contributed by atoms with van der Waals surface area (Å²) >= 11 is 1.71. The molecule has 0 aliphatic carbocycles. The van der Waals surface area contributed by atoms with E-state index in [0.717, 1.165) is 31.2 Å². The van der Waals surface area contributed by atoms with E-state index in [1.54, 1.807) is 11.3 Å². The monoisotopic (exact) mass is 353 g/mol. The summed E-state index contributed by atoms with van der Waals surface area (Å²) in [5, 5.41) is 15.3. The molecule has 0 saturated carbocycles. The van der Waals surface area contributed by atoms with Gasteiger partial charge in [0.2, 0.25) is 0 Å². The van der Waals surface area contributed by atoms with Crippen molar-refractivity contribution >= 4 is 17.3 Å². The largest absolute Gasteiger partial charge is 0.357 e. The normalized spacial score (nSPS) is 11.5. The van der Waals surface area contributed by atoms with Gasteiger partial charge in [-0.25, -0.2) is 4.99 Å². The summed E-state index contributed by atoms with van der Waals surface area (Å²) in [5.74, 6) is 0.824. The highest BCUT2D eigenvalue weighted by molar-refractivity contribution is 7.07. The SMILES string of the molecule is CCNC(=NCc1cnn(Cc2ccccc2)c1)NCc1ccsc1. The summed E-state index contributed by atoms with van der Waals surface area (Å²) in [4.78, 5) is 4.65. The summed E-state index contributed by atoms with van der Waals surface area (Å²) in [6.07, 6.45) is 3.94. The summed E-state index contributed by atoms with van der Waals surface area (Å²) < 4.78 is 1.95. The third kappa shape index (κ3) is 5.46. The van der Waals surface area contributed by atoms with E-state index in [0.29, 0.717) is 6.54 Å². The van der Waals surface area contributed by atoms with Crippen molar-refractivity contribution in [2.75, 3.05) is 6.54 Å². The van der Waals surface area contributed by atoms with Crippen LogP contribution < -0.4 is 10.6 Å². The fourth-order valence-corrected chi connectivity index (χ4v) is 3.10. The molecule has 0 amide bonds. The van der Waals surface area contributed by atoms with Crippen LogP contribution in [0.4, 0.5) is 0 Å². The van der Waals surface area contributed by atoms with Crippen LogP contribution in [-0.4, -0.2) is 22.3 Å². The Morgan fingerprint density at radius 3 is 2.76 bits per heavy atom. The minimum Gasteiger partial charge on any atom is -0.357 e. The number of nitrogens with one attached hydrogen (secondary N) is 2. The summed E-state index contributed by atoms with van der Waals surface area (Å²) in [5.41, 5.74) is 3.61. The van der Waals surface area contributed by atoms with Crippen LogP contribution in [0.5, 0.6) is 0 Å². The molecule has 5 nitrogen and oxygen atoms in total. The van der Waals surface area contributed by atoms with E-state index in [4.69, 9.17) is 0 Å². The molecule has 2 aromatic heterocycles. The highest BCUT2D eigenvalue weighted by Crippen LogP contribution is 2.06. The van der Waals surface area contributed by atoms with Crippen LogP contribution in [0.2, 0.25) is 0 Å². The van der Waals surface area contributed by atoms with Gasteiger partial charge in [-0.05, 0) is 34.9 Å². The molecule has 0 aliphatic rings. The van der Waals surface area contributed by atoms with Crippen molar-refractivity contribution in [3.8, 4) is 0 Å². The molecule has 3 rings (SSSR count). The Bertz CT molecular complexity index is 777. The van der Waals surface area contributed by atoms with Crippen LogP contribution in [0.1, 0.15) is 23.6 Å². The maximum atomic E-state index is 4.65. The summed E-state index contributed by atoms with van der Waals surface area (Å²) in [6, 6.07) is 12.5. The zero-order chi connectivity index (χ0) is 17.3. The molecule has 3 aromatic rings. The van der Waals surface area contributed by atoms with E-state index >= 15 is 0 Å². The van der Waals surface area contributed by atoms with Crippen molar-refractivity contribution in [2.24, 2.45) is 4.99 Å². The average Bonchev–Trinajstić information content (AvgIpc) is 3.30. The van der Waals surface area contributed by atoms with Crippen LogP contribution in [0.15, 0.2) is 64.5 Å². The van der Waals surface area contributed by atoms with Crippen molar-refractivity contribution in [3.05, 3.63) is 76.2 Å². The fourth-order valence-electron chi connectivity index (χ4n) is 2.44. The minimum absolute atomic E-state index is 0.605. The molecule has 0 atom stereocenters. The number of benzene rings is 1. The molecule has 2 heterocycles. The van der Waals surface area contributed by atoms with E-state index in [1.807, 2.05) is 29.1 Å². The van der Waals surface area contributed by atoms with E-state index in [1.165, 1.54) is 11.1 Å². The molecule has 0 bridgehead atoms. The second-order valence-corrected chi connectivity index (χ2v) is 6.49. The van der Waals surface area contributed by atoms with Crippen LogP contribution in [-0.2, 0) is 19.6 Å². The smallest absolute Gasteiger partial charge is 0.191 e. The number of guanidine groups is 1. The Morgan fingerprint density at radius 2 is 2.00 bits per heavy atom. The number of hydrogen-bond acceptors (Lipinski definition) is 3. The summed E-state index contributed by atoms with van der Waals surface area (Å²) in [6.45, 7) is 5.07. The fraction of sp³-hybridized carbons (Fsp3) is 0.263. The molecule has 130 valence electrons. The maximum Gasteiger partial charge on any atom is 0.191 e. The standard InChI is InChI=1S/C19H23N5S/c1-2-20-19(21-10-17-8-9-25-15-17)22-11-18-12-23-24(14-18)13-16-6-4-3-5-7-16/h3-9,12,14-15H,2,10-11,13H2,1H3,(H2,20,21,22). The highest BCUT2D eigenvalue weighted by Gasteiger charge is 2.02. The highest BCUT2D eigenvalue weighted by atomic mass is 32.1. The average molecular weight is 353 g/mol.